The van der Waals surface area contributed by atoms with Crippen LogP contribution < -0.4 is 10.2 Å². The Hall–Kier alpha value is -2.71. The van der Waals surface area contributed by atoms with Gasteiger partial charge in [-0.15, -0.1) is 11.3 Å². The highest BCUT2D eigenvalue weighted by molar-refractivity contribution is 7.10. The molecule has 0 unspecified atom stereocenters. The molecule has 2 amide bonds. The smallest absolute Gasteiger partial charge is 0.304 e. The Morgan fingerprint density at radius 2 is 2.10 bits per heavy atom. The van der Waals surface area contributed by atoms with Gasteiger partial charge in [-0.25, -0.2) is 0 Å². The number of aliphatic carboxylic acids is 1. The van der Waals surface area contributed by atoms with Crippen molar-refractivity contribution >= 4 is 40.5 Å². The molecule has 2 aromatic rings. The van der Waals surface area contributed by atoms with Gasteiger partial charge in [0.15, 0.2) is 0 Å². The number of carboxylic acid groups (broad SMARTS) is 1. The third-order valence-corrected chi connectivity index (χ3v) is 5.89. The Morgan fingerprint density at radius 3 is 2.79 bits per heavy atom. The molecule has 1 aromatic heterocycles. The molecule has 0 aliphatic carbocycles. The first-order valence-corrected chi connectivity index (χ1v) is 10.3. The molecule has 0 bridgehead atoms. The highest BCUT2D eigenvalue weighted by Gasteiger charge is 2.24. The Kier molecular flexibility index (Phi) is 7.00. The second-order valence-electron chi connectivity index (χ2n) is 6.99. The van der Waals surface area contributed by atoms with Gasteiger partial charge in [-0.1, -0.05) is 12.1 Å². The van der Waals surface area contributed by atoms with Crippen molar-refractivity contribution in [1.82, 2.24) is 0 Å². The highest BCUT2D eigenvalue weighted by Crippen LogP contribution is 2.31. The second kappa shape index (κ2) is 9.67. The number of amides is 2. The van der Waals surface area contributed by atoms with E-state index >= 15 is 0 Å². The van der Waals surface area contributed by atoms with E-state index in [-0.39, 0.29) is 37.2 Å². The lowest BCUT2D eigenvalue weighted by Gasteiger charge is -2.30. The number of methoxy groups -OCH3 is 1. The average molecular weight is 416 g/mol. The third-order valence-electron chi connectivity index (χ3n) is 4.85. The minimum atomic E-state index is -0.933. The van der Waals surface area contributed by atoms with Crippen LogP contribution >= 0.6 is 11.3 Å². The summed E-state index contributed by atoms with van der Waals surface area (Å²) in [6.07, 6.45) is 1.73. The summed E-state index contributed by atoms with van der Waals surface area (Å²) in [4.78, 5) is 38.7. The van der Waals surface area contributed by atoms with Crippen LogP contribution in [0.3, 0.4) is 0 Å². The molecule has 1 aliphatic rings. The van der Waals surface area contributed by atoms with Crippen LogP contribution in [0.15, 0.2) is 35.7 Å². The van der Waals surface area contributed by atoms with E-state index in [0.29, 0.717) is 12.2 Å². The molecule has 29 heavy (non-hydrogen) atoms. The molecule has 0 radical (unpaired) electrons. The van der Waals surface area contributed by atoms with E-state index in [1.807, 2.05) is 29.6 Å². The van der Waals surface area contributed by atoms with E-state index in [1.54, 1.807) is 11.0 Å². The van der Waals surface area contributed by atoms with Crippen LogP contribution in [0, 0.1) is 0 Å². The van der Waals surface area contributed by atoms with Crippen molar-refractivity contribution in [2.24, 2.45) is 0 Å². The van der Waals surface area contributed by atoms with Gasteiger partial charge >= 0.3 is 5.97 Å². The zero-order valence-electron chi connectivity index (χ0n) is 16.2. The van der Waals surface area contributed by atoms with Crippen molar-refractivity contribution in [3.63, 3.8) is 0 Å². The van der Waals surface area contributed by atoms with Crippen molar-refractivity contribution in [2.45, 2.75) is 31.6 Å². The maximum atomic E-state index is 12.6. The predicted octanol–water partition coefficient (Wildman–Crippen LogP) is 3.26. The quantitative estimate of drug-likeness (QED) is 0.689. The van der Waals surface area contributed by atoms with E-state index in [2.05, 4.69) is 5.32 Å². The minimum absolute atomic E-state index is 0.00765. The maximum absolute atomic E-state index is 12.6. The summed E-state index contributed by atoms with van der Waals surface area (Å²) < 4.78 is 4.97. The van der Waals surface area contributed by atoms with E-state index < -0.39 is 5.97 Å². The molecule has 7 nitrogen and oxygen atoms in total. The molecule has 0 spiro atoms. The van der Waals surface area contributed by atoms with Crippen LogP contribution in [0.5, 0.6) is 0 Å². The van der Waals surface area contributed by atoms with Crippen LogP contribution in [0.25, 0.3) is 0 Å². The standard InChI is InChI=1S/C21H24N2O5S/c1-28-13-20(25)23-8-2-4-14-6-7-16(12-17(14)23)22-19(24)10-15(11-21(26)27)18-5-3-9-29-18/h3,5-7,9,12,15H,2,4,8,10-11,13H2,1H3,(H,22,24)(H,26,27)/t15-/m0/s1. The van der Waals surface area contributed by atoms with Gasteiger partial charge in [0.2, 0.25) is 5.91 Å². The largest absolute Gasteiger partial charge is 0.481 e. The average Bonchev–Trinajstić information content (AvgIpc) is 3.21. The summed E-state index contributed by atoms with van der Waals surface area (Å²) in [5.41, 5.74) is 2.43. The zero-order chi connectivity index (χ0) is 20.8. The van der Waals surface area contributed by atoms with Gasteiger partial charge < -0.3 is 20.1 Å². The topological polar surface area (TPSA) is 95.9 Å². The minimum Gasteiger partial charge on any atom is -0.481 e. The number of nitrogens with zero attached hydrogens (tertiary/aromatic N) is 1. The lowest BCUT2D eigenvalue weighted by Crippen LogP contribution is -2.37. The summed E-state index contributed by atoms with van der Waals surface area (Å²) in [7, 11) is 1.49. The lowest BCUT2D eigenvalue weighted by molar-refractivity contribution is -0.137. The number of thiophene rings is 1. The van der Waals surface area contributed by atoms with Crippen molar-refractivity contribution < 1.29 is 24.2 Å². The van der Waals surface area contributed by atoms with Crippen LogP contribution in [0.2, 0.25) is 0 Å². The fraction of sp³-hybridized carbons (Fsp3) is 0.381. The fourth-order valence-corrected chi connectivity index (χ4v) is 4.39. The molecule has 154 valence electrons. The predicted molar refractivity (Wildman–Crippen MR) is 112 cm³/mol. The number of carbonyl (C=O) groups excluding carboxylic acids is 2. The van der Waals surface area contributed by atoms with Crippen molar-refractivity contribution in [1.29, 1.82) is 0 Å². The number of anilines is 2. The molecular weight excluding hydrogens is 392 g/mol. The Labute approximate surface area is 173 Å². The normalized spacial score (nSPS) is 14.2. The first-order chi connectivity index (χ1) is 14.0. The first-order valence-electron chi connectivity index (χ1n) is 9.45. The lowest BCUT2D eigenvalue weighted by atomic mass is 9.98. The number of benzene rings is 1. The molecule has 8 heteroatoms. The number of aryl methyl sites for hydroxylation is 1. The van der Waals surface area contributed by atoms with E-state index in [4.69, 9.17) is 9.84 Å². The van der Waals surface area contributed by atoms with Gasteiger partial charge in [0, 0.05) is 42.2 Å². The molecule has 2 heterocycles. The summed E-state index contributed by atoms with van der Waals surface area (Å²) in [5.74, 6) is -1.67. The Balaban J connectivity index is 1.73. The number of rotatable bonds is 8. The fourth-order valence-electron chi connectivity index (χ4n) is 3.56. The highest BCUT2D eigenvalue weighted by atomic mass is 32.1. The molecule has 0 saturated carbocycles. The molecule has 1 atom stereocenters. The van der Waals surface area contributed by atoms with Crippen molar-refractivity contribution in [3.05, 3.63) is 46.2 Å². The number of hydrogen-bond acceptors (Lipinski definition) is 5. The molecule has 2 N–H and O–H groups in total. The number of nitrogens with one attached hydrogen (secondary N) is 1. The van der Waals surface area contributed by atoms with Gasteiger partial charge in [-0.05, 0) is 42.0 Å². The SMILES string of the molecule is COCC(=O)N1CCCc2ccc(NC(=O)C[C@@H](CC(=O)O)c3cccs3)cc21. The van der Waals surface area contributed by atoms with Crippen molar-refractivity contribution in [2.75, 3.05) is 30.5 Å². The summed E-state index contributed by atoms with van der Waals surface area (Å²) in [6.45, 7) is 0.624. The van der Waals surface area contributed by atoms with Crippen LogP contribution in [0.1, 0.15) is 35.6 Å². The molecule has 1 aromatic carbocycles. The first kappa shape index (κ1) is 21.0. The monoisotopic (exact) mass is 416 g/mol. The number of carbonyl (C=O) groups is 3. The van der Waals surface area contributed by atoms with Gasteiger partial charge in [-0.3, -0.25) is 14.4 Å². The molecule has 0 saturated heterocycles. The summed E-state index contributed by atoms with van der Waals surface area (Å²) >= 11 is 1.45. The molecular formula is C21H24N2O5S. The number of hydrogen-bond donors (Lipinski definition) is 2. The zero-order valence-corrected chi connectivity index (χ0v) is 17.0. The summed E-state index contributed by atoms with van der Waals surface area (Å²) in [5, 5.41) is 13.9. The van der Waals surface area contributed by atoms with Gasteiger partial charge in [-0.2, -0.15) is 0 Å². The van der Waals surface area contributed by atoms with Crippen LogP contribution in [-0.2, 0) is 25.5 Å². The van der Waals surface area contributed by atoms with Crippen LogP contribution in [-0.4, -0.2) is 43.2 Å². The van der Waals surface area contributed by atoms with E-state index in [1.165, 1.54) is 18.4 Å². The molecule has 3 rings (SSSR count). The number of carboxylic acids is 1. The van der Waals surface area contributed by atoms with Crippen molar-refractivity contribution in [3.8, 4) is 0 Å². The molecule has 1 aliphatic heterocycles. The number of fused-ring (bicyclic) bond motifs is 1. The van der Waals surface area contributed by atoms with Gasteiger partial charge in [0.25, 0.3) is 5.91 Å². The maximum Gasteiger partial charge on any atom is 0.304 e. The number of ether oxygens (including phenoxy) is 1. The van der Waals surface area contributed by atoms with E-state index in [9.17, 15) is 14.4 Å². The van der Waals surface area contributed by atoms with E-state index in [0.717, 1.165) is 29.0 Å². The summed E-state index contributed by atoms with van der Waals surface area (Å²) in [6, 6.07) is 9.24. The van der Waals surface area contributed by atoms with Gasteiger partial charge in [0.1, 0.15) is 6.61 Å². The Morgan fingerprint density at radius 1 is 1.28 bits per heavy atom. The second-order valence-corrected chi connectivity index (χ2v) is 7.97. The third kappa shape index (κ3) is 5.42. The Bertz CT molecular complexity index is 881. The van der Waals surface area contributed by atoms with Crippen LogP contribution in [0.4, 0.5) is 11.4 Å². The molecule has 0 fully saturated rings. The van der Waals surface area contributed by atoms with Gasteiger partial charge in [0.05, 0.1) is 6.42 Å².